The second-order valence-corrected chi connectivity index (χ2v) is 7.71. The lowest BCUT2D eigenvalue weighted by atomic mass is 9.88. The van der Waals surface area contributed by atoms with Crippen LogP contribution in [0.4, 0.5) is 5.69 Å². The van der Waals surface area contributed by atoms with Crippen LogP contribution in [0.3, 0.4) is 0 Å². The van der Waals surface area contributed by atoms with Crippen molar-refractivity contribution in [1.82, 2.24) is 4.90 Å². The van der Waals surface area contributed by atoms with Crippen molar-refractivity contribution >= 4 is 11.6 Å². The van der Waals surface area contributed by atoms with Crippen LogP contribution in [0.5, 0.6) is 0 Å². The zero-order chi connectivity index (χ0) is 15.4. The molecular weight excluding hydrogens is 260 g/mol. The zero-order valence-electron chi connectivity index (χ0n) is 13.8. The van der Waals surface area contributed by atoms with Gasteiger partial charge in [-0.15, -0.1) is 0 Å². The second-order valence-electron chi connectivity index (χ2n) is 7.71. The maximum atomic E-state index is 13.0. The molecule has 2 heterocycles. The first-order valence-corrected chi connectivity index (χ1v) is 7.92. The molecule has 114 valence electrons. The summed E-state index contributed by atoms with van der Waals surface area (Å²) in [5.41, 5.74) is 3.46. The van der Waals surface area contributed by atoms with E-state index in [1.165, 1.54) is 11.1 Å². The highest BCUT2D eigenvalue weighted by atomic mass is 16.2. The monoisotopic (exact) mass is 286 g/mol. The molecule has 3 heteroatoms. The van der Waals surface area contributed by atoms with Gasteiger partial charge in [0.2, 0.25) is 5.91 Å². The van der Waals surface area contributed by atoms with Crippen LogP contribution >= 0.6 is 0 Å². The molecule has 0 aliphatic carbocycles. The van der Waals surface area contributed by atoms with Crippen LogP contribution in [0, 0.1) is 12.3 Å². The molecule has 0 saturated carbocycles. The number of nitrogens with zero attached hydrogens (tertiary/aromatic N) is 2. The Bertz CT molecular complexity index is 573. The zero-order valence-corrected chi connectivity index (χ0v) is 13.8. The van der Waals surface area contributed by atoms with E-state index in [9.17, 15) is 4.79 Å². The smallest absolute Gasteiger partial charge is 0.232 e. The Labute approximate surface area is 127 Å². The predicted octanol–water partition coefficient (Wildman–Crippen LogP) is 3.18. The predicted molar refractivity (Wildman–Crippen MR) is 86.8 cm³/mol. The minimum Gasteiger partial charge on any atom is -0.308 e. The van der Waals surface area contributed by atoms with Crippen molar-refractivity contribution < 1.29 is 4.79 Å². The van der Waals surface area contributed by atoms with Crippen LogP contribution in [0.2, 0.25) is 0 Å². The number of fused-ring (bicyclic) bond motifs is 3. The third-order valence-electron chi connectivity index (χ3n) is 4.81. The Morgan fingerprint density at radius 2 is 2.00 bits per heavy atom. The molecule has 3 rings (SSSR count). The number of likely N-dealkylation sites (tertiary alicyclic amines) is 1. The molecule has 1 aromatic carbocycles. The molecule has 0 N–H and O–H groups in total. The SMILES string of the molecule is Cc1ccc2c(c1)[C@@H]1CN(C)CC[C@H]1N2C(=O)C(C)(C)C. The summed E-state index contributed by atoms with van der Waals surface area (Å²) in [5, 5.41) is 0. The third kappa shape index (κ3) is 2.38. The Morgan fingerprint density at radius 3 is 2.67 bits per heavy atom. The van der Waals surface area contributed by atoms with E-state index in [-0.39, 0.29) is 11.3 Å². The summed E-state index contributed by atoms with van der Waals surface area (Å²) >= 11 is 0. The molecule has 2 aliphatic rings. The van der Waals surface area contributed by atoms with Crippen LogP contribution in [-0.4, -0.2) is 37.0 Å². The number of hydrogen-bond donors (Lipinski definition) is 0. The van der Waals surface area contributed by atoms with Gasteiger partial charge in [0, 0.05) is 29.6 Å². The molecular formula is C18H26N2O. The maximum Gasteiger partial charge on any atom is 0.232 e. The van der Waals surface area contributed by atoms with Crippen molar-refractivity contribution in [3.8, 4) is 0 Å². The highest BCUT2D eigenvalue weighted by Gasteiger charge is 2.45. The van der Waals surface area contributed by atoms with Crippen LogP contribution in [0.15, 0.2) is 18.2 Å². The first-order valence-electron chi connectivity index (χ1n) is 7.92. The van der Waals surface area contributed by atoms with Crippen molar-refractivity contribution in [3.05, 3.63) is 29.3 Å². The molecule has 0 aromatic heterocycles. The van der Waals surface area contributed by atoms with E-state index >= 15 is 0 Å². The fraction of sp³-hybridized carbons (Fsp3) is 0.611. The minimum absolute atomic E-state index is 0.254. The number of benzene rings is 1. The van der Waals surface area contributed by atoms with Gasteiger partial charge in [-0.1, -0.05) is 38.5 Å². The van der Waals surface area contributed by atoms with Crippen molar-refractivity contribution in [2.45, 2.75) is 46.1 Å². The first-order chi connectivity index (χ1) is 9.79. The largest absolute Gasteiger partial charge is 0.308 e. The van der Waals surface area contributed by atoms with Gasteiger partial charge in [0.15, 0.2) is 0 Å². The summed E-state index contributed by atoms with van der Waals surface area (Å²) in [6, 6.07) is 6.89. The van der Waals surface area contributed by atoms with Gasteiger partial charge < -0.3 is 9.80 Å². The Kier molecular flexibility index (Phi) is 3.36. The highest BCUT2D eigenvalue weighted by Crippen LogP contribution is 2.46. The molecule has 1 fully saturated rings. The topological polar surface area (TPSA) is 23.6 Å². The third-order valence-corrected chi connectivity index (χ3v) is 4.81. The summed E-state index contributed by atoms with van der Waals surface area (Å²) in [5.74, 6) is 0.717. The summed E-state index contributed by atoms with van der Waals surface area (Å²) in [7, 11) is 2.18. The van der Waals surface area contributed by atoms with Gasteiger partial charge in [0.25, 0.3) is 0 Å². The standard InChI is InChI=1S/C18H26N2O/c1-12-6-7-15-13(10-12)14-11-19(5)9-8-16(14)20(15)17(21)18(2,3)4/h6-7,10,14,16H,8-9,11H2,1-5H3/t14-,16+/m0/s1. The fourth-order valence-electron chi connectivity index (χ4n) is 3.71. The Hall–Kier alpha value is -1.35. The van der Waals surface area contributed by atoms with E-state index in [1.54, 1.807) is 0 Å². The van der Waals surface area contributed by atoms with E-state index < -0.39 is 0 Å². The lowest BCUT2D eigenvalue weighted by Gasteiger charge is -2.38. The quantitative estimate of drug-likeness (QED) is 0.731. The van der Waals surface area contributed by atoms with Crippen LogP contribution < -0.4 is 4.90 Å². The molecule has 1 saturated heterocycles. The van der Waals surface area contributed by atoms with Gasteiger partial charge in [-0.05, 0) is 38.6 Å². The van der Waals surface area contributed by atoms with E-state index in [0.717, 1.165) is 25.2 Å². The highest BCUT2D eigenvalue weighted by molar-refractivity contribution is 6.00. The first kappa shape index (κ1) is 14.6. The number of rotatable bonds is 0. The summed E-state index contributed by atoms with van der Waals surface area (Å²) in [6.07, 6.45) is 1.07. The molecule has 3 nitrogen and oxygen atoms in total. The normalized spacial score (nSPS) is 25.7. The van der Waals surface area contributed by atoms with E-state index in [1.807, 2.05) is 20.8 Å². The van der Waals surface area contributed by atoms with E-state index in [2.05, 4.69) is 42.0 Å². The summed E-state index contributed by atoms with van der Waals surface area (Å²) < 4.78 is 0. The molecule has 0 radical (unpaired) electrons. The fourth-order valence-corrected chi connectivity index (χ4v) is 3.71. The maximum absolute atomic E-state index is 13.0. The van der Waals surface area contributed by atoms with E-state index in [4.69, 9.17) is 0 Å². The van der Waals surface area contributed by atoms with Crippen molar-refractivity contribution in [1.29, 1.82) is 0 Å². The molecule has 1 aromatic rings. The van der Waals surface area contributed by atoms with Crippen LogP contribution in [0.1, 0.15) is 44.2 Å². The number of aryl methyl sites for hydroxylation is 1. The molecule has 2 aliphatic heterocycles. The van der Waals surface area contributed by atoms with Gasteiger partial charge >= 0.3 is 0 Å². The van der Waals surface area contributed by atoms with Crippen LogP contribution in [0.25, 0.3) is 0 Å². The Balaban J connectivity index is 2.07. The average molecular weight is 286 g/mol. The van der Waals surface area contributed by atoms with Gasteiger partial charge in [0.1, 0.15) is 0 Å². The van der Waals surface area contributed by atoms with Crippen molar-refractivity contribution in [2.24, 2.45) is 5.41 Å². The number of piperidine rings is 1. The number of hydrogen-bond acceptors (Lipinski definition) is 2. The number of amides is 1. The average Bonchev–Trinajstić information content (AvgIpc) is 2.70. The van der Waals surface area contributed by atoms with E-state index in [0.29, 0.717) is 12.0 Å². The summed E-state index contributed by atoms with van der Waals surface area (Å²) in [6.45, 7) is 10.3. The van der Waals surface area contributed by atoms with Gasteiger partial charge in [-0.25, -0.2) is 0 Å². The number of carbonyl (C=O) groups is 1. The molecule has 21 heavy (non-hydrogen) atoms. The number of carbonyl (C=O) groups excluding carboxylic acids is 1. The molecule has 0 bridgehead atoms. The number of anilines is 1. The lowest BCUT2D eigenvalue weighted by molar-refractivity contribution is -0.126. The molecule has 0 spiro atoms. The minimum atomic E-state index is -0.333. The van der Waals surface area contributed by atoms with Gasteiger partial charge in [-0.2, -0.15) is 0 Å². The molecule has 2 atom stereocenters. The van der Waals surface area contributed by atoms with Crippen molar-refractivity contribution in [2.75, 3.05) is 25.0 Å². The molecule has 1 amide bonds. The van der Waals surface area contributed by atoms with Gasteiger partial charge in [0.05, 0.1) is 0 Å². The van der Waals surface area contributed by atoms with Crippen LogP contribution in [-0.2, 0) is 4.79 Å². The Morgan fingerprint density at radius 1 is 1.29 bits per heavy atom. The molecule has 0 unspecified atom stereocenters. The second kappa shape index (κ2) is 4.84. The number of likely N-dealkylation sites (N-methyl/N-ethyl adjacent to an activating group) is 1. The summed E-state index contributed by atoms with van der Waals surface area (Å²) in [4.78, 5) is 17.5. The lowest BCUT2D eigenvalue weighted by Crippen LogP contribution is -2.50. The van der Waals surface area contributed by atoms with Crippen molar-refractivity contribution in [3.63, 3.8) is 0 Å². The van der Waals surface area contributed by atoms with Gasteiger partial charge in [-0.3, -0.25) is 4.79 Å².